The largest absolute Gasteiger partial charge is 0.354 e. The summed E-state index contributed by atoms with van der Waals surface area (Å²) in [4.78, 5) is 28.1. The fourth-order valence-corrected chi connectivity index (χ4v) is 3.86. The molecule has 6 nitrogen and oxygen atoms in total. The van der Waals surface area contributed by atoms with Crippen LogP contribution in [0.4, 0.5) is 5.82 Å². The van der Waals surface area contributed by atoms with Gasteiger partial charge in [-0.2, -0.15) is 0 Å². The van der Waals surface area contributed by atoms with E-state index in [1.54, 1.807) is 0 Å². The third kappa shape index (κ3) is 4.23. The Morgan fingerprint density at radius 1 is 1.04 bits per heavy atom. The topological polar surface area (TPSA) is 52.6 Å². The molecule has 0 unspecified atom stereocenters. The van der Waals surface area contributed by atoms with E-state index in [2.05, 4.69) is 14.8 Å². The van der Waals surface area contributed by atoms with E-state index in [1.807, 2.05) is 11.0 Å². The summed E-state index contributed by atoms with van der Waals surface area (Å²) in [5.74, 6) is 2.62. The van der Waals surface area contributed by atoms with Gasteiger partial charge in [0.2, 0.25) is 5.91 Å². The van der Waals surface area contributed by atoms with Crippen molar-refractivity contribution >= 4 is 23.3 Å². The summed E-state index contributed by atoms with van der Waals surface area (Å²) in [6.07, 6.45) is 5.90. The summed E-state index contributed by atoms with van der Waals surface area (Å²) in [7, 11) is 0. The second kappa shape index (κ2) is 7.46. The lowest BCUT2D eigenvalue weighted by atomic mass is 10.1. The molecule has 4 rings (SSSR count). The monoisotopic (exact) mass is 363 g/mol. The third-order valence-corrected chi connectivity index (χ3v) is 5.60. The Balaban J connectivity index is 1.31. The van der Waals surface area contributed by atoms with E-state index >= 15 is 0 Å². The van der Waals surface area contributed by atoms with Crippen LogP contribution in [0.3, 0.4) is 0 Å². The van der Waals surface area contributed by atoms with Crippen molar-refractivity contribution in [3.63, 3.8) is 0 Å². The van der Waals surface area contributed by atoms with Crippen molar-refractivity contribution in [1.29, 1.82) is 0 Å². The van der Waals surface area contributed by atoms with Crippen LogP contribution in [0.1, 0.15) is 43.8 Å². The Labute approximate surface area is 154 Å². The van der Waals surface area contributed by atoms with Gasteiger partial charge in [0.15, 0.2) is 0 Å². The van der Waals surface area contributed by atoms with Gasteiger partial charge in [0.1, 0.15) is 16.8 Å². The van der Waals surface area contributed by atoms with Crippen LogP contribution < -0.4 is 4.90 Å². The molecule has 136 valence electrons. The molecule has 0 spiro atoms. The van der Waals surface area contributed by atoms with Crippen LogP contribution in [0.15, 0.2) is 6.07 Å². The number of carbonyl (C=O) groups excluding carboxylic acids is 1. The van der Waals surface area contributed by atoms with E-state index in [4.69, 9.17) is 16.6 Å². The summed E-state index contributed by atoms with van der Waals surface area (Å²) < 4.78 is 0. The maximum absolute atomic E-state index is 12.4. The highest BCUT2D eigenvalue weighted by Crippen LogP contribution is 2.39. The zero-order valence-electron chi connectivity index (χ0n) is 14.7. The number of nitrogens with zero attached hydrogens (tertiary/aromatic N) is 5. The first-order valence-electron chi connectivity index (χ1n) is 9.48. The van der Waals surface area contributed by atoms with E-state index in [1.165, 1.54) is 19.3 Å². The average molecular weight is 364 g/mol. The van der Waals surface area contributed by atoms with Crippen LogP contribution in [0.5, 0.6) is 0 Å². The number of piperidine rings is 1. The molecule has 2 aliphatic heterocycles. The smallest absolute Gasteiger partial charge is 0.236 e. The first-order valence-corrected chi connectivity index (χ1v) is 9.86. The zero-order chi connectivity index (χ0) is 17.2. The number of halogens is 1. The molecule has 3 fully saturated rings. The average Bonchev–Trinajstić information content (AvgIpc) is 3.48. The number of aromatic nitrogens is 2. The van der Waals surface area contributed by atoms with E-state index in [9.17, 15) is 4.79 Å². The molecule has 7 heteroatoms. The predicted molar refractivity (Wildman–Crippen MR) is 98.1 cm³/mol. The van der Waals surface area contributed by atoms with Gasteiger partial charge in [0.25, 0.3) is 0 Å². The highest BCUT2D eigenvalue weighted by atomic mass is 35.5. The van der Waals surface area contributed by atoms with Crippen molar-refractivity contribution in [2.75, 3.05) is 50.7 Å². The normalized spacial score (nSPS) is 22.3. The van der Waals surface area contributed by atoms with Crippen molar-refractivity contribution in [2.24, 2.45) is 0 Å². The molecule has 0 radical (unpaired) electrons. The van der Waals surface area contributed by atoms with Gasteiger partial charge in [-0.25, -0.2) is 9.97 Å². The van der Waals surface area contributed by atoms with Gasteiger partial charge in [-0.05, 0) is 32.1 Å². The Bertz CT molecular complexity index is 622. The molecule has 0 bridgehead atoms. The van der Waals surface area contributed by atoms with Gasteiger partial charge in [0.05, 0.1) is 6.54 Å². The van der Waals surface area contributed by atoms with E-state index < -0.39 is 0 Å². The van der Waals surface area contributed by atoms with Crippen LogP contribution in [0.2, 0.25) is 5.15 Å². The second-order valence-electron chi connectivity index (χ2n) is 7.39. The molecule has 2 saturated heterocycles. The van der Waals surface area contributed by atoms with Crippen LogP contribution in [-0.2, 0) is 4.79 Å². The van der Waals surface area contributed by atoms with Crippen LogP contribution >= 0.6 is 11.6 Å². The standard InChI is InChI=1S/C18H26ClN5O/c19-15-12-16(21-18(20-15)14-4-5-14)23-10-8-22(9-11-23)13-17(25)24-6-2-1-3-7-24/h12,14H,1-11,13H2. The minimum atomic E-state index is 0.286. The van der Waals surface area contributed by atoms with Crippen molar-refractivity contribution in [3.05, 3.63) is 17.0 Å². The zero-order valence-corrected chi connectivity index (χ0v) is 15.4. The molecular weight excluding hydrogens is 338 g/mol. The van der Waals surface area contributed by atoms with Crippen molar-refractivity contribution < 1.29 is 4.79 Å². The molecule has 1 aliphatic carbocycles. The van der Waals surface area contributed by atoms with Crippen molar-refractivity contribution in [3.8, 4) is 0 Å². The number of rotatable bonds is 4. The fourth-order valence-electron chi connectivity index (χ4n) is 3.68. The Kier molecular flexibility index (Phi) is 5.08. The molecule has 1 aromatic heterocycles. The molecule has 3 heterocycles. The molecule has 1 aromatic rings. The molecule has 1 amide bonds. The lowest BCUT2D eigenvalue weighted by Crippen LogP contribution is -2.51. The summed E-state index contributed by atoms with van der Waals surface area (Å²) in [5.41, 5.74) is 0. The molecule has 0 aromatic carbocycles. The quantitative estimate of drug-likeness (QED) is 0.767. The summed E-state index contributed by atoms with van der Waals surface area (Å²) in [6.45, 7) is 5.95. The molecule has 3 aliphatic rings. The predicted octanol–water partition coefficient (Wildman–Crippen LogP) is 2.14. The maximum atomic E-state index is 12.4. The van der Waals surface area contributed by atoms with Crippen molar-refractivity contribution in [2.45, 2.75) is 38.0 Å². The number of piperazine rings is 1. The first-order chi connectivity index (χ1) is 12.2. The second-order valence-corrected chi connectivity index (χ2v) is 7.77. The fraction of sp³-hybridized carbons (Fsp3) is 0.722. The van der Waals surface area contributed by atoms with Crippen LogP contribution in [-0.4, -0.2) is 71.5 Å². The van der Waals surface area contributed by atoms with Crippen LogP contribution in [0.25, 0.3) is 0 Å². The SMILES string of the molecule is O=C(CN1CCN(c2cc(Cl)nc(C3CC3)n2)CC1)N1CCCCC1. The van der Waals surface area contributed by atoms with Gasteiger partial charge < -0.3 is 9.80 Å². The molecule has 1 saturated carbocycles. The highest BCUT2D eigenvalue weighted by molar-refractivity contribution is 6.29. The number of hydrogen-bond acceptors (Lipinski definition) is 5. The van der Waals surface area contributed by atoms with E-state index in [0.29, 0.717) is 17.6 Å². The Morgan fingerprint density at radius 3 is 2.44 bits per heavy atom. The van der Waals surface area contributed by atoms with Gasteiger partial charge in [-0.15, -0.1) is 0 Å². The first kappa shape index (κ1) is 17.0. The van der Waals surface area contributed by atoms with Crippen molar-refractivity contribution in [1.82, 2.24) is 19.8 Å². The minimum Gasteiger partial charge on any atom is -0.354 e. The molecule has 0 atom stereocenters. The molecule has 0 N–H and O–H groups in total. The number of hydrogen-bond donors (Lipinski definition) is 0. The molecule has 25 heavy (non-hydrogen) atoms. The summed E-state index contributed by atoms with van der Waals surface area (Å²) in [6, 6.07) is 1.86. The Hall–Kier alpha value is -1.40. The van der Waals surface area contributed by atoms with Crippen LogP contribution in [0, 0.1) is 0 Å². The maximum Gasteiger partial charge on any atom is 0.236 e. The Morgan fingerprint density at radius 2 is 1.76 bits per heavy atom. The van der Waals surface area contributed by atoms with Gasteiger partial charge >= 0.3 is 0 Å². The van der Waals surface area contributed by atoms with Gasteiger partial charge in [-0.3, -0.25) is 9.69 Å². The van der Waals surface area contributed by atoms with E-state index in [0.717, 1.165) is 63.8 Å². The number of anilines is 1. The lowest BCUT2D eigenvalue weighted by molar-refractivity contribution is -0.133. The summed E-state index contributed by atoms with van der Waals surface area (Å²) >= 11 is 6.19. The third-order valence-electron chi connectivity index (χ3n) is 5.41. The number of likely N-dealkylation sites (tertiary alicyclic amines) is 1. The van der Waals surface area contributed by atoms with Gasteiger partial charge in [0, 0.05) is 51.3 Å². The lowest BCUT2D eigenvalue weighted by Gasteiger charge is -2.36. The minimum absolute atomic E-state index is 0.286. The van der Waals surface area contributed by atoms with E-state index in [-0.39, 0.29) is 5.91 Å². The number of carbonyl (C=O) groups is 1. The number of amides is 1. The highest BCUT2D eigenvalue weighted by Gasteiger charge is 2.29. The summed E-state index contributed by atoms with van der Waals surface area (Å²) in [5, 5.41) is 0.537. The van der Waals surface area contributed by atoms with Gasteiger partial charge in [-0.1, -0.05) is 11.6 Å². The molecular formula is C18H26ClN5O.